The molecule has 4 N–H and O–H groups in total. The van der Waals surface area contributed by atoms with Crippen LogP contribution in [0.1, 0.15) is 18.4 Å². The second-order valence-electron chi connectivity index (χ2n) is 4.66. The topological polar surface area (TPSA) is 101 Å². The number of nitrogens with one attached hydrogen (secondary N) is 2. The van der Waals surface area contributed by atoms with Crippen LogP contribution in [0.25, 0.3) is 0 Å². The van der Waals surface area contributed by atoms with Crippen LogP contribution in [0.5, 0.6) is 0 Å². The van der Waals surface area contributed by atoms with Crippen molar-refractivity contribution in [2.45, 2.75) is 24.6 Å². The molecule has 0 bridgehead atoms. The van der Waals surface area contributed by atoms with E-state index >= 15 is 0 Å². The molecule has 0 aromatic heterocycles. The third-order valence-electron chi connectivity index (χ3n) is 2.92. The van der Waals surface area contributed by atoms with E-state index < -0.39 is 10.0 Å². The molecule has 0 radical (unpaired) electrons. The molecule has 0 saturated carbocycles. The summed E-state index contributed by atoms with van der Waals surface area (Å²) in [6, 6.07) is 6.56. The summed E-state index contributed by atoms with van der Waals surface area (Å²) in [5.74, 6) is -0.144. The van der Waals surface area contributed by atoms with Crippen molar-refractivity contribution in [2.75, 3.05) is 12.3 Å². The van der Waals surface area contributed by atoms with Crippen LogP contribution in [-0.2, 0) is 20.6 Å². The van der Waals surface area contributed by atoms with Crippen molar-refractivity contribution < 1.29 is 13.2 Å². The molecule has 0 spiro atoms. The number of anilines is 1. The van der Waals surface area contributed by atoms with E-state index in [1.54, 1.807) is 24.3 Å². The van der Waals surface area contributed by atoms with Crippen molar-refractivity contribution in [3.05, 3.63) is 29.8 Å². The Kier molecular flexibility index (Phi) is 4.06. The van der Waals surface area contributed by atoms with Crippen molar-refractivity contribution in [3.8, 4) is 0 Å². The Morgan fingerprint density at radius 2 is 2.21 bits per heavy atom. The fourth-order valence-electron chi connectivity index (χ4n) is 2.03. The summed E-state index contributed by atoms with van der Waals surface area (Å²) in [6.07, 6.45) is 0.882. The Morgan fingerprint density at radius 1 is 1.42 bits per heavy atom. The number of carbonyl (C=O) groups excluding carboxylic acids is 1. The molecule has 19 heavy (non-hydrogen) atoms. The molecule has 1 heterocycles. The minimum atomic E-state index is -3.43. The lowest BCUT2D eigenvalue weighted by molar-refractivity contribution is -0.122. The van der Waals surface area contributed by atoms with E-state index in [1.165, 1.54) is 0 Å². The van der Waals surface area contributed by atoms with Gasteiger partial charge in [0.1, 0.15) is 0 Å². The highest BCUT2D eigenvalue weighted by atomic mass is 32.2. The molecular formula is C12H17N3O3S. The van der Waals surface area contributed by atoms with Gasteiger partial charge in [-0.3, -0.25) is 4.79 Å². The van der Waals surface area contributed by atoms with Crippen molar-refractivity contribution in [2.24, 2.45) is 0 Å². The lowest BCUT2D eigenvalue weighted by atomic mass is 10.1. The quantitative estimate of drug-likeness (QED) is 0.675. The van der Waals surface area contributed by atoms with E-state index in [-0.39, 0.29) is 17.7 Å². The van der Waals surface area contributed by atoms with Crippen molar-refractivity contribution >= 4 is 21.6 Å². The first-order valence-electron chi connectivity index (χ1n) is 6.06. The second kappa shape index (κ2) is 5.58. The third kappa shape index (κ3) is 4.22. The molecule has 1 aliphatic heterocycles. The molecule has 2 rings (SSSR count). The van der Waals surface area contributed by atoms with Crippen LogP contribution in [0.2, 0.25) is 0 Å². The monoisotopic (exact) mass is 283 g/mol. The molecule has 1 aliphatic rings. The van der Waals surface area contributed by atoms with E-state index in [1.807, 2.05) is 0 Å². The smallest absolute Gasteiger partial charge is 0.220 e. The van der Waals surface area contributed by atoms with Crippen LogP contribution in [0, 0.1) is 0 Å². The molecule has 6 nitrogen and oxygen atoms in total. The minimum Gasteiger partial charge on any atom is -0.399 e. The summed E-state index contributed by atoms with van der Waals surface area (Å²) < 4.78 is 26.6. The van der Waals surface area contributed by atoms with E-state index in [4.69, 9.17) is 5.73 Å². The summed E-state index contributed by atoms with van der Waals surface area (Å²) in [5.41, 5.74) is 6.80. The van der Waals surface area contributed by atoms with E-state index in [2.05, 4.69) is 10.0 Å². The minimum absolute atomic E-state index is 0.0359. The lowest BCUT2D eigenvalue weighted by Gasteiger charge is -2.23. The Bertz CT molecular complexity index is 561. The number of hydrogen-bond donors (Lipinski definition) is 3. The van der Waals surface area contributed by atoms with Gasteiger partial charge in [0.15, 0.2) is 0 Å². The van der Waals surface area contributed by atoms with Crippen LogP contribution in [0.3, 0.4) is 0 Å². The fourth-order valence-corrected chi connectivity index (χ4v) is 3.44. The molecule has 1 aromatic rings. The summed E-state index contributed by atoms with van der Waals surface area (Å²) in [5, 5.41) is 2.64. The van der Waals surface area contributed by atoms with Gasteiger partial charge < -0.3 is 11.1 Å². The van der Waals surface area contributed by atoms with Gasteiger partial charge in [-0.2, -0.15) is 0 Å². The van der Waals surface area contributed by atoms with Crippen LogP contribution < -0.4 is 15.8 Å². The normalized spacial score (nSPS) is 20.0. The predicted molar refractivity (Wildman–Crippen MR) is 72.6 cm³/mol. The zero-order valence-corrected chi connectivity index (χ0v) is 11.2. The summed E-state index contributed by atoms with van der Waals surface area (Å²) >= 11 is 0. The number of nitrogen functional groups attached to an aromatic ring is 1. The van der Waals surface area contributed by atoms with E-state index in [0.29, 0.717) is 30.6 Å². The van der Waals surface area contributed by atoms with Crippen molar-refractivity contribution in [1.29, 1.82) is 0 Å². The number of amides is 1. The van der Waals surface area contributed by atoms with Gasteiger partial charge in [0.05, 0.1) is 5.75 Å². The summed E-state index contributed by atoms with van der Waals surface area (Å²) in [7, 11) is -3.43. The molecule has 1 amide bonds. The number of nitrogens with two attached hydrogens (primary N) is 1. The van der Waals surface area contributed by atoms with Crippen molar-refractivity contribution in [1.82, 2.24) is 10.0 Å². The van der Waals surface area contributed by atoms with Crippen LogP contribution in [0.4, 0.5) is 5.69 Å². The number of sulfonamides is 1. The van der Waals surface area contributed by atoms with Gasteiger partial charge in [-0.05, 0) is 24.1 Å². The van der Waals surface area contributed by atoms with Gasteiger partial charge in [-0.1, -0.05) is 12.1 Å². The highest BCUT2D eigenvalue weighted by molar-refractivity contribution is 7.88. The van der Waals surface area contributed by atoms with Gasteiger partial charge in [-0.25, -0.2) is 13.1 Å². The third-order valence-corrected chi connectivity index (χ3v) is 4.33. The zero-order valence-electron chi connectivity index (χ0n) is 10.4. The Labute approximate surface area is 112 Å². The van der Waals surface area contributed by atoms with Gasteiger partial charge in [0.2, 0.25) is 15.9 Å². The van der Waals surface area contributed by atoms with Crippen LogP contribution in [-0.4, -0.2) is 26.9 Å². The second-order valence-corrected chi connectivity index (χ2v) is 6.42. The van der Waals surface area contributed by atoms with Gasteiger partial charge >= 0.3 is 0 Å². The average Bonchev–Trinajstić information content (AvgIpc) is 2.31. The first-order valence-corrected chi connectivity index (χ1v) is 7.71. The molecule has 7 heteroatoms. The highest BCUT2D eigenvalue weighted by Crippen LogP contribution is 2.11. The van der Waals surface area contributed by atoms with Gasteiger partial charge in [0, 0.05) is 24.7 Å². The van der Waals surface area contributed by atoms with E-state index in [9.17, 15) is 13.2 Å². The Balaban J connectivity index is 1.97. The van der Waals surface area contributed by atoms with Crippen LogP contribution >= 0.6 is 0 Å². The first kappa shape index (κ1) is 13.8. The van der Waals surface area contributed by atoms with Crippen LogP contribution in [0.15, 0.2) is 24.3 Å². The molecule has 1 aromatic carbocycles. The number of hydrogen-bond acceptors (Lipinski definition) is 4. The molecule has 104 valence electrons. The van der Waals surface area contributed by atoms with E-state index in [0.717, 1.165) is 0 Å². The molecule has 0 aliphatic carbocycles. The average molecular weight is 283 g/mol. The summed E-state index contributed by atoms with van der Waals surface area (Å²) in [6.45, 7) is 0.342. The number of rotatable bonds is 4. The highest BCUT2D eigenvalue weighted by Gasteiger charge is 2.23. The number of benzene rings is 1. The van der Waals surface area contributed by atoms with Gasteiger partial charge in [0.25, 0.3) is 0 Å². The molecule has 1 fully saturated rings. The first-order chi connectivity index (χ1) is 8.94. The number of carbonyl (C=O) groups is 1. The number of piperidine rings is 1. The largest absolute Gasteiger partial charge is 0.399 e. The zero-order chi connectivity index (χ0) is 13.9. The maximum absolute atomic E-state index is 12.0. The maximum atomic E-state index is 12.0. The Morgan fingerprint density at radius 3 is 2.84 bits per heavy atom. The summed E-state index contributed by atoms with van der Waals surface area (Å²) in [4.78, 5) is 11.0. The van der Waals surface area contributed by atoms with Gasteiger partial charge in [-0.15, -0.1) is 0 Å². The molecular weight excluding hydrogens is 266 g/mol. The molecule has 1 saturated heterocycles. The maximum Gasteiger partial charge on any atom is 0.220 e. The SMILES string of the molecule is Nc1cccc(CS(=O)(=O)NC2CCC(=O)NC2)c1. The fraction of sp³-hybridized carbons (Fsp3) is 0.417. The predicted octanol–water partition coefficient (Wildman–Crippen LogP) is -0.0332. The van der Waals surface area contributed by atoms with Crippen molar-refractivity contribution in [3.63, 3.8) is 0 Å². The molecule has 1 atom stereocenters. The Hall–Kier alpha value is -1.60. The molecule has 1 unspecified atom stereocenters. The standard InChI is InChI=1S/C12H17N3O3S/c13-10-3-1-2-9(6-10)8-19(17,18)15-11-4-5-12(16)14-7-11/h1-3,6,11,15H,4-5,7-8,13H2,(H,14,16). The lowest BCUT2D eigenvalue weighted by Crippen LogP contribution is -2.47.